The van der Waals surface area contributed by atoms with Gasteiger partial charge in [0, 0.05) is 19.8 Å². The van der Waals surface area contributed by atoms with E-state index >= 15 is 0 Å². The Hall–Kier alpha value is -0.540. The number of hydrogen-bond acceptors (Lipinski definition) is 2. The fraction of sp³-hybridized carbons (Fsp3) is 0.700. The van der Waals surface area contributed by atoms with Gasteiger partial charge in [0.25, 0.3) is 0 Å². The monoisotopic (exact) mass is 217 g/mol. The van der Waals surface area contributed by atoms with Crippen LogP contribution in [0.5, 0.6) is 0 Å². The molecule has 1 aromatic heterocycles. The van der Waals surface area contributed by atoms with Gasteiger partial charge >= 0.3 is 0 Å². The van der Waals surface area contributed by atoms with Gasteiger partial charge in [-0.05, 0) is 24.9 Å². The number of hydrogen-bond donors (Lipinski definition) is 1. The van der Waals surface area contributed by atoms with E-state index in [-0.39, 0.29) is 12.4 Å². The number of aromatic nitrogens is 2. The van der Waals surface area contributed by atoms with Crippen LogP contribution in [-0.2, 0) is 13.6 Å². The molecule has 1 N–H and O–H groups in total. The number of aryl methyl sites for hydroxylation is 1. The first-order valence-corrected chi connectivity index (χ1v) is 4.87. The molecule has 0 amide bonds. The van der Waals surface area contributed by atoms with Gasteiger partial charge in [0.1, 0.15) is 0 Å². The van der Waals surface area contributed by atoms with Gasteiger partial charge in [-0.3, -0.25) is 4.68 Å². The molecule has 0 bridgehead atoms. The summed E-state index contributed by atoms with van der Waals surface area (Å²) in [7, 11) is 1.94. The van der Waals surface area contributed by atoms with Crippen LogP contribution in [-0.4, -0.2) is 16.3 Å². The number of nitrogens with zero attached hydrogens (tertiary/aromatic N) is 2. The lowest BCUT2D eigenvalue weighted by Gasteiger charge is -2.04. The van der Waals surface area contributed by atoms with Crippen molar-refractivity contribution in [3.05, 3.63) is 18.0 Å². The molecule has 0 saturated carbocycles. The zero-order valence-electron chi connectivity index (χ0n) is 9.16. The van der Waals surface area contributed by atoms with E-state index in [4.69, 9.17) is 0 Å². The standard InChI is InChI=1S/C10H19N3.ClH/c1-9(2)4-6-11-8-10-5-7-13(3)12-10;/h5,7,9,11H,4,6,8H2,1-3H3;1H. The molecule has 4 heteroatoms. The third kappa shape index (κ3) is 5.25. The normalized spacial score (nSPS) is 10.3. The van der Waals surface area contributed by atoms with Gasteiger partial charge in [-0.25, -0.2) is 0 Å². The average molecular weight is 218 g/mol. The van der Waals surface area contributed by atoms with Crippen molar-refractivity contribution < 1.29 is 0 Å². The molecule has 0 aliphatic heterocycles. The van der Waals surface area contributed by atoms with Gasteiger partial charge in [0.15, 0.2) is 0 Å². The van der Waals surface area contributed by atoms with Crippen LogP contribution >= 0.6 is 12.4 Å². The summed E-state index contributed by atoms with van der Waals surface area (Å²) in [6.07, 6.45) is 3.20. The molecule has 1 heterocycles. The zero-order valence-corrected chi connectivity index (χ0v) is 9.97. The highest BCUT2D eigenvalue weighted by Crippen LogP contribution is 1.97. The largest absolute Gasteiger partial charge is 0.311 e. The number of nitrogens with one attached hydrogen (secondary N) is 1. The Labute approximate surface area is 92.3 Å². The summed E-state index contributed by atoms with van der Waals surface area (Å²) in [5.41, 5.74) is 1.12. The minimum Gasteiger partial charge on any atom is -0.311 e. The van der Waals surface area contributed by atoms with Gasteiger partial charge < -0.3 is 5.32 Å². The Bertz CT molecular complexity index is 245. The van der Waals surface area contributed by atoms with Gasteiger partial charge in [-0.1, -0.05) is 13.8 Å². The molecule has 0 spiro atoms. The number of rotatable bonds is 5. The maximum Gasteiger partial charge on any atom is 0.0762 e. The summed E-state index contributed by atoms with van der Waals surface area (Å²) in [6, 6.07) is 2.04. The van der Waals surface area contributed by atoms with Crippen molar-refractivity contribution in [2.75, 3.05) is 6.54 Å². The molecule has 0 aromatic carbocycles. The number of halogens is 1. The first kappa shape index (κ1) is 13.5. The summed E-state index contributed by atoms with van der Waals surface area (Å²) >= 11 is 0. The van der Waals surface area contributed by atoms with Crippen LogP contribution in [0.3, 0.4) is 0 Å². The van der Waals surface area contributed by atoms with Crippen LogP contribution in [0.15, 0.2) is 12.3 Å². The second kappa shape index (κ2) is 6.85. The zero-order chi connectivity index (χ0) is 9.68. The molecule has 0 radical (unpaired) electrons. The fourth-order valence-corrected chi connectivity index (χ4v) is 1.16. The smallest absolute Gasteiger partial charge is 0.0762 e. The highest BCUT2D eigenvalue weighted by molar-refractivity contribution is 5.85. The third-order valence-electron chi connectivity index (χ3n) is 1.97. The molecular weight excluding hydrogens is 198 g/mol. The Kier molecular flexibility index (Phi) is 6.58. The van der Waals surface area contributed by atoms with Gasteiger partial charge in [0.2, 0.25) is 0 Å². The quantitative estimate of drug-likeness (QED) is 0.765. The molecule has 3 nitrogen and oxygen atoms in total. The summed E-state index contributed by atoms with van der Waals surface area (Å²) in [5.74, 6) is 0.774. The van der Waals surface area contributed by atoms with Crippen LogP contribution < -0.4 is 5.32 Å². The second-order valence-corrected chi connectivity index (χ2v) is 3.84. The molecule has 0 aliphatic rings. The Balaban J connectivity index is 0.00000169. The molecule has 1 aromatic rings. The summed E-state index contributed by atoms with van der Waals surface area (Å²) < 4.78 is 1.83. The van der Waals surface area contributed by atoms with Crippen molar-refractivity contribution in [2.45, 2.75) is 26.8 Å². The van der Waals surface area contributed by atoms with Crippen molar-refractivity contribution in [3.63, 3.8) is 0 Å². The molecule has 82 valence electrons. The fourth-order valence-electron chi connectivity index (χ4n) is 1.16. The summed E-state index contributed by atoms with van der Waals surface area (Å²) in [5, 5.41) is 7.65. The molecule has 14 heavy (non-hydrogen) atoms. The van der Waals surface area contributed by atoms with E-state index in [2.05, 4.69) is 24.3 Å². The van der Waals surface area contributed by atoms with Gasteiger partial charge in [-0.2, -0.15) is 5.10 Å². The first-order valence-electron chi connectivity index (χ1n) is 4.87. The lowest BCUT2D eigenvalue weighted by Crippen LogP contribution is -2.16. The van der Waals surface area contributed by atoms with E-state index in [1.165, 1.54) is 6.42 Å². The average Bonchev–Trinajstić information content (AvgIpc) is 2.45. The molecule has 0 aliphatic carbocycles. The lowest BCUT2D eigenvalue weighted by atomic mass is 10.1. The molecule has 0 unspecified atom stereocenters. The van der Waals surface area contributed by atoms with Crippen molar-refractivity contribution >= 4 is 12.4 Å². The maximum atomic E-state index is 4.28. The van der Waals surface area contributed by atoms with Crippen LogP contribution in [0.1, 0.15) is 26.0 Å². The Morgan fingerprint density at radius 3 is 2.71 bits per heavy atom. The summed E-state index contributed by atoms with van der Waals surface area (Å²) in [6.45, 7) is 6.44. The first-order chi connectivity index (χ1) is 6.18. The van der Waals surface area contributed by atoms with Crippen LogP contribution in [0.25, 0.3) is 0 Å². The van der Waals surface area contributed by atoms with Crippen LogP contribution in [0.4, 0.5) is 0 Å². The Morgan fingerprint density at radius 2 is 2.21 bits per heavy atom. The van der Waals surface area contributed by atoms with Crippen LogP contribution in [0, 0.1) is 5.92 Å². The summed E-state index contributed by atoms with van der Waals surface area (Å²) in [4.78, 5) is 0. The molecule has 0 atom stereocenters. The predicted octanol–water partition coefficient (Wildman–Crippen LogP) is 1.98. The minimum absolute atomic E-state index is 0. The highest BCUT2D eigenvalue weighted by Gasteiger charge is 1.96. The molecular formula is C10H20ClN3. The van der Waals surface area contributed by atoms with Crippen molar-refractivity contribution in [1.29, 1.82) is 0 Å². The topological polar surface area (TPSA) is 29.9 Å². The lowest BCUT2D eigenvalue weighted by molar-refractivity contribution is 0.533. The SMILES string of the molecule is CC(C)CCNCc1ccn(C)n1.Cl. The van der Waals surface area contributed by atoms with Crippen molar-refractivity contribution in [3.8, 4) is 0 Å². The van der Waals surface area contributed by atoms with Gasteiger partial charge in [-0.15, -0.1) is 12.4 Å². The molecule has 1 rings (SSSR count). The Morgan fingerprint density at radius 1 is 1.50 bits per heavy atom. The third-order valence-corrected chi connectivity index (χ3v) is 1.97. The molecule has 0 fully saturated rings. The minimum atomic E-state index is 0. The predicted molar refractivity (Wildman–Crippen MR) is 61.6 cm³/mol. The van der Waals surface area contributed by atoms with E-state index in [0.29, 0.717) is 0 Å². The van der Waals surface area contributed by atoms with E-state index in [9.17, 15) is 0 Å². The van der Waals surface area contributed by atoms with Crippen molar-refractivity contribution in [1.82, 2.24) is 15.1 Å². The molecule has 0 saturated heterocycles. The van der Waals surface area contributed by atoms with E-state index in [1.54, 1.807) is 0 Å². The van der Waals surface area contributed by atoms with Crippen LogP contribution in [0.2, 0.25) is 0 Å². The maximum absolute atomic E-state index is 4.28. The van der Waals surface area contributed by atoms with Crippen molar-refractivity contribution in [2.24, 2.45) is 13.0 Å². The highest BCUT2D eigenvalue weighted by atomic mass is 35.5. The van der Waals surface area contributed by atoms with E-state index in [0.717, 1.165) is 24.7 Å². The van der Waals surface area contributed by atoms with Gasteiger partial charge in [0.05, 0.1) is 5.69 Å². The second-order valence-electron chi connectivity index (χ2n) is 3.84. The van der Waals surface area contributed by atoms with E-state index in [1.807, 2.05) is 24.0 Å². The van der Waals surface area contributed by atoms with E-state index < -0.39 is 0 Å².